The number of benzene rings is 1. The van der Waals surface area contributed by atoms with E-state index in [-0.39, 0.29) is 5.91 Å². The van der Waals surface area contributed by atoms with E-state index < -0.39 is 0 Å². The summed E-state index contributed by atoms with van der Waals surface area (Å²) in [6.07, 6.45) is 3.17. The van der Waals surface area contributed by atoms with Crippen molar-refractivity contribution >= 4 is 5.91 Å². The normalized spacial score (nSPS) is 16.2. The highest BCUT2D eigenvalue weighted by Gasteiger charge is 2.18. The number of hydrogen-bond acceptors (Lipinski definition) is 2. The van der Waals surface area contributed by atoms with Crippen molar-refractivity contribution in [3.05, 3.63) is 34.9 Å². The minimum absolute atomic E-state index is 0.0689. The molecule has 2 N–H and O–H groups in total. The maximum atomic E-state index is 11.8. The highest BCUT2D eigenvalue weighted by molar-refractivity contribution is 5.96. The van der Waals surface area contributed by atoms with Gasteiger partial charge in [-0.05, 0) is 37.1 Å². The predicted octanol–water partition coefficient (Wildman–Crippen LogP) is 2.03. The molecule has 1 aromatic rings. The quantitative estimate of drug-likeness (QED) is 0.834. The van der Waals surface area contributed by atoms with Crippen LogP contribution in [0.2, 0.25) is 0 Å². The molecule has 0 aliphatic carbocycles. The van der Waals surface area contributed by atoms with E-state index in [9.17, 15) is 4.79 Å². The molecule has 0 fully saturated rings. The molecule has 1 unspecified atom stereocenters. The Morgan fingerprint density at radius 3 is 3.00 bits per heavy atom. The van der Waals surface area contributed by atoms with Crippen LogP contribution in [0.1, 0.15) is 47.3 Å². The molecule has 0 aromatic heterocycles. The lowest BCUT2D eigenvalue weighted by molar-refractivity contribution is 0.0946. The molecule has 2 rings (SSSR count). The van der Waals surface area contributed by atoms with Crippen molar-refractivity contribution in [2.45, 2.75) is 32.2 Å². The standard InChI is InChI=1S/C14H20N2O/c1-3-4-13(15-2)11-6-5-10-7-8-16-14(17)12(10)9-11/h5-6,9,13,15H,3-4,7-8H2,1-2H3,(H,16,17). The van der Waals surface area contributed by atoms with Gasteiger partial charge < -0.3 is 10.6 Å². The minimum atomic E-state index is 0.0689. The summed E-state index contributed by atoms with van der Waals surface area (Å²) in [5, 5.41) is 6.20. The highest BCUT2D eigenvalue weighted by Crippen LogP contribution is 2.23. The van der Waals surface area contributed by atoms with Gasteiger partial charge in [-0.25, -0.2) is 0 Å². The summed E-state index contributed by atoms with van der Waals surface area (Å²) >= 11 is 0. The first-order chi connectivity index (χ1) is 8.26. The Labute approximate surface area is 103 Å². The van der Waals surface area contributed by atoms with Crippen LogP contribution in [0.25, 0.3) is 0 Å². The summed E-state index contributed by atoms with van der Waals surface area (Å²) in [5.74, 6) is 0.0689. The van der Waals surface area contributed by atoms with E-state index in [4.69, 9.17) is 0 Å². The SMILES string of the molecule is CCCC(NC)c1ccc2c(c1)C(=O)NCC2. The molecule has 0 spiro atoms. The van der Waals surface area contributed by atoms with Crippen LogP contribution in [0.15, 0.2) is 18.2 Å². The van der Waals surface area contributed by atoms with E-state index >= 15 is 0 Å². The monoisotopic (exact) mass is 232 g/mol. The van der Waals surface area contributed by atoms with Crippen LogP contribution in [0.3, 0.4) is 0 Å². The molecule has 1 aromatic carbocycles. The van der Waals surface area contributed by atoms with Crippen molar-refractivity contribution < 1.29 is 4.79 Å². The van der Waals surface area contributed by atoms with Crippen LogP contribution in [-0.2, 0) is 6.42 Å². The Morgan fingerprint density at radius 2 is 2.29 bits per heavy atom. The van der Waals surface area contributed by atoms with Crippen LogP contribution < -0.4 is 10.6 Å². The van der Waals surface area contributed by atoms with Crippen LogP contribution in [0, 0.1) is 0 Å². The molecule has 1 amide bonds. The number of carbonyl (C=O) groups excluding carboxylic acids is 1. The highest BCUT2D eigenvalue weighted by atomic mass is 16.1. The third kappa shape index (κ3) is 2.50. The average molecular weight is 232 g/mol. The van der Waals surface area contributed by atoms with E-state index in [1.807, 2.05) is 13.1 Å². The topological polar surface area (TPSA) is 41.1 Å². The van der Waals surface area contributed by atoms with Crippen molar-refractivity contribution in [1.29, 1.82) is 0 Å². The molecule has 1 aliphatic rings. The molecule has 92 valence electrons. The fourth-order valence-corrected chi connectivity index (χ4v) is 2.41. The molecule has 1 atom stereocenters. The Kier molecular flexibility index (Phi) is 3.79. The van der Waals surface area contributed by atoms with Crippen molar-refractivity contribution in [1.82, 2.24) is 10.6 Å². The fraction of sp³-hybridized carbons (Fsp3) is 0.500. The molecule has 0 bridgehead atoms. The Morgan fingerprint density at radius 1 is 1.47 bits per heavy atom. The van der Waals surface area contributed by atoms with Crippen LogP contribution >= 0.6 is 0 Å². The number of rotatable bonds is 4. The summed E-state index contributed by atoms with van der Waals surface area (Å²) < 4.78 is 0. The van der Waals surface area contributed by atoms with Gasteiger partial charge in [0.25, 0.3) is 5.91 Å². The lowest BCUT2D eigenvalue weighted by Crippen LogP contribution is -2.32. The second-order valence-electron chi connectivity index (χ2n) is 4.55. The summed E-state index contributed by atoms with van der Waals surface area (Å²) in [6, 6.07) is 6.64. The van der Waals surface area contributed by atoms with Gasteiger partial charge in [-0.1, -0.05) is 25.5 Å². The first kappa shape index (κ1) is 12.1. The molecule has 17 heavy (non-hydrogen) atoms. The molecular formula is C14H20N2O. The van der Waals surface area contributed by atoms with Crippen molar-refractivity contribution in [3.63, 3.8) is 0 Å². The maximum Gasteiger partial charge on any atom is 0.251 e. The van der Waals surface area contributed by atoms with E-state index in [1.165, 1.54) is 11.1 Å². The molecule has 1 heterocycles. The van der Waals surface area contributed by atoms with Gasteiger partial charge in [-0.3, -0.25) is 4.79 Å². The van der Waals surface area contributed by atoms with Gasteiger partial charge in [-0.15, -0.1) is 0 Å². The first-order valence-electron chi connectivity index (χ1n) is 6.34. The fourth-order valence-electron chi connectivity index (χ4n) is 2.41. The number of fused-ring (bicyclic) bond motifs is 1. The largest absolute Gasteiger partial charge is 0.352 e. The lowest BCUT2D eigenvalue weighted by atomic mass is 9.94. The van der Waals surface area contributed by atoms with Crippen molar-refractivity contribution in [2.24, 2.45) is 0 Å². The third-order valence-corrected chi connectivity index (χ3v) is 3.39. The van der Waals surface area contributed by atoms with E-state index in [1.54, 1.807) is 0 Å². The van der Waals surface area contributed by atoms with Gasteiger partial charge in [-0.2, -0.15) is 0 Å². The van der Waals surface area contributed by atoms with Gasteiger partial charge in [0.2, 0.25) is 0 Å². The maximum absolute atomic E-state index is 11.8. The van der Waals surface area contributed by atoms with Gasteiger partial charge in [0.05, 0.1) is 0 Å². The number of nitrogens with one attached hydrogen (secondary N) is 2. The Hall–Kier alpha value is -1.35. The van der Waals surface area contributed by atoms with Crippen molar-refractivity contribution in [3.8, 4) is 0 Å². The average Bonchev–Trinajstić information content (AvgIpc) is 2.36. The second-order valence-corrected chi connectivity index (χ2v) is 4.55. The molecule has 0 saturated heterocycles. The van der Waals surface area contributed by atoms with Crippen LogP contribution in [0.5, 0.6) is 0 Å². The van der Waals surface area contributed by atoms with Crippen LogP contribution in [-0.4, -0.2) is 19.5 Å². The number of amides is 1. The molecule has 3 nitrogen and oxygen atoms in total. The summed E-state index contributed by atoms with van der Waals surface area (Å²) in [5.41, 5.74) is 3.24. The smallest absolute Gasteiger partial charge is 0.251 e. The van der Waals surface area contributed by atoms with Gasteiger partial charge in [0.1, 0.15) is 0 Å². The van der Waals surface area contributed by atoms with E-state index in [0.29, 0.717) is 6.04 Å². The zero-order valence-corrected chi connectivity index (χ0v) is 10.5. The molecule has 1 aliphatic heterocycles. The van der Waals surface area contributed by atoms with Crippen molar-refractivity contribution in [2.75, 3.05) is 13.6 Å². The Balaban J connectivity index is 2.31. The second kappa shape index (κ2) is 5.32. The van der Waals surface area contributed by atoms with Gasteiger partial charge in [0, 0.05) is 18.2 Å². The number of hydrogen-bond donors (Lipinski definition) is 2. The van der Waals surface area contributed by atoms with Gasteiger partial charge in [0.15, 0.2) is 0 Å². The summed E-state index contributed by atoms with van der Waals surface area (Å²) in [6.45, 7) is 2.94. The molecule has 0 radical (unpaired) electrons. The van der Waals surface area contributed by atoms with Crippen LogP contribution in [0.4, 0.5) is 0 Å². The third-order valence-electron chi connectivity index (χ3n) is 3.39. The predicted molar refractivity (Wildman–Crippen MR) is 69.2 cm³/mol. The van der Waals surface area contributed by atoms with E-state index in [2.05, 4.69) is 29.7 Å². The lowest BCUT2D eigenvalue weighted by Gasteiger charge is -2.21. The zero-order valence-electron chi connectivity index (χ0n) is 10.5. The molecule has 0 saturated carbocycles. The van der Waals surface area contributed by atoms with E-state index in [0.717, 1.165) is 31.4 Å². The summed E-state index contributed by atoms with van der Waals surface area (Å²) in [4.78, 5) is 11.8. The number of carbonyl (C=O) groups is 1. The molecule has 3 heteroatoms. The minimum Gasteiger partial charge on any atom is -0.352 e. The zero-order chi connectivity index (χ0) is 12.3. The molecular weight excluding hydrogens is 212 g/mol. The van der Waals surface area contributed by atoms with Gasteiger partial charge >= 0.3 is 0 Å². The Bertz CT molecular complexity index is 415. The summed E-state index contributed by atoms with van der Waals surface area (Å²) in [7, 11) is 1.97. The first-order valence-corrected chi connectivity index (χ1v) is 6.34.